The molecule has 1 aliphatic rings. The maximum atomic E-state index is 12.5. The maximum Gasteiger partial charge on any atom is 0.224 e. The van der Waals surface area contributed by atoms with E-state index in [4.69, 9.17) is 23.2 Å². The molecule has 1 fully saturated rings. The Morgan fingerprint density at radius 1 is 1.24 bits per heavy atom. The van der Waals surface area contributed by atoms with Crippen LogP contribution in [0.3, 0.4) is 0 Å². The van der Waals surface area contributed by atoms with Crippen LogP contribution in [0.2, 0.25) is 10.0 Å². The van der Waals surface area contributed by atoms with Crippen molar-refractivity contribution in [1.82, 2.24) is 15.2 Å². The van der Waals surface area contributed by atoms with Gasteiger partial charge in [-0.2, -0.15) is 0 Å². The van der Waals surface area contributed by atoms with Gasteiger partial charge in [-0.05, 0) is 49.2 Å². The number of piperidine rings is 1. The normalized spacial score (nSPS) is 18.1. The number of carbonyl (C=O) groups excluding carboxylic acids is 1. The predicted molar refractivity (Wildman–Crippen MR) is 101 cm³/mol. The lowest BCUT2D eigenvalue weighted by atomic mass is 9.96. The molecule has 0 radical (unpaired) electrons. The SMILES string of the molecule is O=C(NCc1ccccn1)C1CCCN(Cc2ccc(Cl)c(Cl)c2)C1. The number of rotatable bonds is 5. The van der Waals surface area contributed by atoms with Gasteiger partial charge in [0.15, 0.2) is 0 Å². The number of aromatic nitrogens is 1. The molecule has 2 heterocycles. The van der Waals surface area contributed by atoms with Crippen molar-refractivity contribution < 1.29 is 4.79 Å². The lowest BCUT2D eigenvalue weighted by molar-refractivity contribution is -0.127. The van der Waals surface area contributed by atoms with Gasteiger partial charge in [-0.1, -0.05) is 35.3 Å². The van der Waals surface area contributed by atoms with E-state index in [0.29, 0.717) is 16.6 Å². The number of nitrogens with one attached hydrogen (secondary N) is 1. The number of likely N-dealkylation sites (tertiary alicyclic amines) is 1. The van der Waals surface area contributed by atoms with Crippen molar-refractivity contribution in [2.45, 2.75) is 25.9 Å². The molecule has 1 N–H and O–H groups in total. The molecular weight excluding hydrogens is 357 g/mol. The number of halogens is 2. The molecule has 25 heavy (non-hydrogen) atoms. The summed E-state index contributed by atoms with van der Waals surface area (Å²) >= 11 is 12.1. The smallest absolute Gasteiger partial charge is 0.224 e. The molecule has 1 atom stereocenters. The van der Waals surface area contributed by atoms with E-state index in [1.807, 2.05) is 36.4 Å². The molecule has 0 saturated carbocycles. The highest BCUT2D eigenvalue weighted by Gasteiger charge is 2.25. The Labute approximate surface area is 158 Å². The second-order valence-corrected chi connectivity index (χ2v) is 7.18. The Bertz CT molecular complexity index is 724. The Balaban J connectivity index is 1.53. The van der Waals surface area contributed by atoms with E-state index >= 15 is 0 Å². The summed E-state index contributed by atoms with van der Waals surface area (Å²) in [6.07, 6.45) is 3.68. The largest absolute Gasteiger partial charge is 0.350 e. The van der Waals surface area contributed by atoms with E-state index in [2.05, 4.69) is 15.2 Å². The summed E-state index contributed by atoms with van der Waals surface area (Å²) in [6, 6.07) is 11.4. The minimum atomic E-state index is 0.0141. The molecule has 132 valence electrons. The number of nitrogens with zero attached hydrogens (tertiary/aromatic N) is 2. The molecule has 1 aromatic carbocycles. The van der Waals surface area contributed by atoms with Gasteiger partial charge in [0, 0.05) is 19.3 Å². The predicted octanol–water partition coefficient (Wildman–Crippen LogP) is 3.92. The van der Waals surface area contributed by atoms with Gasteiger partial charge >= 0.3 is 0 Å². The molecule has 3 rings (SSSR count). The molecule has 0 spiro atoms. The summed E-state index contributed by atoms with van der Waals surface area (Å²) in [5.74, 6) is 0.115. The van der Waals surface area contributed by atoms with Crippen molar-refractivity contribution in [3.63, 3.8) is 0 Å². The Morgan fingerprint density at radius 3 is 2.88 bits per heavy atom. The monoisotopic (exact) mass is 377 g/mol. The average molecular weight is 378 g/mol. The van der Waals surface area contributed by atoms with Crippen molar-refractivity contribution in [3.05, 3.63) is 63.9 Å². The second kappa shape index (κ2) is 8.65. The number of pyridine rings is 1. The molecule has 4 nitrogen and oxygen atoms in total. The van der Waals surface area contributed by atoms with E-state index in [-0.39, 0.29) is 11.8 Å². The van der Waals surface area contributed by atoms with Crippen molar-refractivity contribution in [2.24, 2.45) is 5.92 Å². The Hall–Kier alpha value is -1.62. The fourth-order valence-electron chi connectivity index (χ4n) is 3.13. The van der Waals surface area contributed by atoms with E-state index in [0.717, 1.165) is 43.7 Å². The number of hydrogen-bond donors (Lipinski definition) is 1. The van der Waals surface area contributed by atoms with Gasteiger partial charge in [0.05, 0.1) is 28.2 Å². The fraction of sp³-hybridized carbons (Fsp3) is 0.368. The molecule has 0 bridgehead atoms. The molecule has 1 aromatic heterocycles. The third-order valence-electron chi connectivity index (χ3n) is 4.44. The molecule has 1 saturated heterocycles. The first kappa shape index (κ1) is 18.2. The zero-order chi connectivity index (χ0) is 17.6. The molecule has 1 amide bonds. The lowest BCUT2D eigenvalue weighted by Gasteiger charge is -2.32. The van der Waals surface area contributed by atoms with Gasteiger partial charge in [-0.25, -0.2) is 0 Å². The molecule has 0 aliphatic carbocycles. The van der Waals surface area contributed by atoms with Gasteiger partial charge in [0.1, 0.15) is 0 Å². The van der Waals surface area contributed by atoms with Gasteiger partial charge in [0.25, 0.3) is 0 Å². The Kier molecular flexibility index (Phi) is 6.29. The van der Waals surface area contributed by atoms with E-state index in [9.17, 15) is 4.79 Å². The highest BCUT2D eigenvalue weighted by Crippen LogP contribution is 2.25. The van der Waals surface area contributed by atoms with Crippen LogP contribution in [0, 0.1) is 5.92 Å². The maximum absolute atomic E-state index is 12.5. The second-order valence-electron chi connectivity index (χ2n) is 6.36. The highest BCUT2D eigenvalue weighted by atomic mass is 35.5. The van der Waals surface area contributed by atoms with Crippen molar-refractivity contribution in [2.75, 3.05) is 13.1 Å². The summed E-state index contributed by atoms with van der Waals surface area (Å²) in [6.45, 7) is 3.00. The van der Waals surface area contributed by atoms with E-state index < -0.39 is 0 Å². The molecular formula is C19H21Cl2N3O. The van der Waals surface area contributed by atoms with Gasteiger partial charge in [-0.3, -0.25) is 14.7 Å². The molecule has 1 aliphatic heterocycles. The van der Waals surface area contributed by atoms with Crippen LogP contribution >= 0.6 is 23.2 Å². The molecule has 1 unspecified atom stereocenters. The van der Waals surface area contributed by atoms with Gasteiger partial charge < -0.3 is 5.32 Å². The quantitative estimate of drug-likeness (QED) is 0.858. The van der Waals surface area contributed by atoms with Gasteiger partial charge in [0.2, 0.25) is 5.91 Å². The topological polar surface area (TPSA) is 45.2 Å². The van der Waals surface area contributed by atoms with Crippen LogP contribution in [0.5, 0.6) is 0 Å². The summed E-state index contributed by atoms with van der Waals surface area (Å²) in [5, 5.41) is 4.14. The first-order chi connectivity index (χ1) is 12.1. The molecule has 6 heteroatoms. The number of benzene rings is 1. The third kappa shape index (κ3) is 5.18. The average Bonchev–Trinajstić information content (AvgIpc) is 2.64. The fourth-order valence-corrected chi connectivity index (χ4v) is 3.45. The van der Waals surface area contributed by atoms with Gasteiger partial charge in [-0.15, -0.1) is 0 Å². The summed E-state index contributed by atoms with van der Waals surface area (Å²) in [4.78, 5) is 19.0. The number of hydrogen-bond acceptors (Lipinski definition) is 3. The first-order valence-corrected chi connectivity index (χ1v) is 9.21. The van der Waals surface area contributed by atoms with Crippen molar-refractivity contribution in [1.29, 1.82) is 0 Å². The van der Waals surface area contributed by atoms with Crippen LogP contribution in [0.25, 0.3) is 0 Å². The number of amides is 1. The van der Waals surface area contributed by atoms with E-state index in [1.165, 1.54) is 0 Å². The number of carbonyl (C=O) groups is 1. The summed E-state index contributed by atoms with van der Waals surface area (Å²) in [5.41, 5.74) is 1.99. The molecule has 2 aromatic rings. The van der Waals surface area contributed by atoms with Crippen LogP contribution in [0.15, 0.2) is 42.6 Å². The van der Waals surface area contributed by atoms with Crippen LogP contribution < -0.4 is 5.32 Å². The zero-order valence-corrected chi connectivity index (χ0v) is 15.4. The third-order valence-corrected chi connectivity index (χ3v) is 5.18. The summed E-state index contributed by atoms with van der Waals surface area (Å²) < 4.78 is 0. The first-order valence-electron chi connectivity index (χ1n) is 8.46. The Morgan fingerprint density at radius 2 is 2.12 bits per heavy atom. The minimum Gasteiger partial charge on any atom is -0.350 e. The summed E-state index contributed by atoms with van der Waals surface area (Å²) in [7, 11) is 0. The highest BCUT2D eigenvalue weighted by molar-refractivity contribution is 6.42. The van der Waals surface area contributed by atoms with Crippen LogP contribution in [-0.2, 0) is 17.9 Å². The lowest BCUT2D eigenvalue weighted by Crippen LogP contribution is -2.42. The van der Waals surface area contributed by atoms with Crippen LogP contribution in [-0.4, -0.2) is 28.9 Å². The van der Waals surface area contributed by atoms with Crippen molar-refractivity contribution in [3.8, 4) is 0 Å². The van der Waals surface area contributed by atoms with Crippen LogP contribution in [0.1, 0.15) is 24.1 Å². The standard InChI is InChI=1S/C19H21Cl2N3O/c20-17-7-6-14(10-18(17)21)12-24-9-3-4-15(13-24)19(25)23-11-16-5-1-2-8-22-16/h1-2,5-8,10,15H,3-4,9,11-13H2,(H,23,25). The van der Waals surface area contributed by atoms with Crippen LogP contribution in [0.4, 0.5) is 0 Å². The van der Waals surface area contributed by atoms with E-state index in [1.54, 1.807) is 6.20 Å². The van der Waals surface area contributed by atoms with Crippen molar-refractivity contribution >= 4 is 29.1 Å². The minimum absolute atomic E-state index is 0.0141. The zero-order valence-electron chi connectivity index (χ0n) is 13.9.